The molecule has 1 aliphatic carbocycles. The summed E-state index contributed by atoms with van der Waals surface area (Å²) in [7, 11) is 0. The fraction of sp³-hybridized carbons (Fsp3) is 1.00. The lowest BCUT2D eigenvalue weighted by Crippen LogP contribution is -2.42. The summed E-state index contributed by atoms with van der Waals surface area (Å²) < 4.78 is 0. The lowest BCUT2D eigenvalue weighted by atomic mass is 9.67. The Morgan fingerprint density at radius 1 is 1.20 bits per heavy atom. The molecule has 1 saturated carbocycles. The van der Waals surface area contributed by atoms with Crippen LogP contribution in [0.5, 0.6) is 0 Å². The number of hydrogen-bond acceptors (Lipinski definition) is 2. The van der Waals surface area contributed by atoms with Crippen molar-refractivity contribution in [1.82, 2.24) is 10.6 Å². The van der Waals surface area contributed by atoms with Crippen molar-refractivity contribution < 1.29 is 0 Å². The van der Waals surface area contributed by atoms with Crippen LogP contribution in [0.15, 0.2) is 0 Å². The lowest BCUT2D eigenvalue weighted by Gasteiger charge is -2.41. The largest absolute Gasteiger partial charge is 0.315 e. The summed E-state index contributed by atoms with van der Waals surface area (Å²) in [6, 6.07) is 0.663. The van der Waals surface area contributed by atoms with Gasteiger partial charge >= 0.3 is 0 Å². The van der Waals surface area contributed by atoms with Gasteiger partial charge in [-0.25, -0.2) is 0 Å². The standard InChI is InChI=1S/C13H28N2/c1-4-12(3)15-10-9-14-11-13(5-2)7-6-8-13/h12,14-15H,4-11H2,1-3H3. The van der Waals surface area contributed by atoms with Crippen LogP contribution in [0, 0.1) is 5.41 Å². The highest BCUT2D eigenvalue weighted by Gasteiger charge is 2.34. The van der Waals surface area contributed by atoms with Gasteiger partial charge in [-0.2, -0.15) is 0 Å². The summed E-state index contributed by atoms with van der Waals surface area (Å²) in [6.45, 7) is 10.3. The van der Waals surface area contributed by atoms with Crippen LogP contribution in [0.25, 0.3) is 0 Å². The Bertz CT molecular complexity index is 158. The van der Waals surface area contributed by atoms with Crippen LogP contribution in [0.3, 0.4) is 0 Å². The van der Waals surface area contributed by atoms with E-state index >= 15 is 0 Å². The molecule has 2 heteroatoms. The van der Waals surface area contributed by atoms with E-state index in [1.807, 2.05) is 0 Å². The molecule has 0 aromatic heterocycles. The zero-order valence-corrected chi connectivity index (χ0v) is 10.7. The first-order chi connectivity index (χ1) is 7.22. The van der Waals surface area contributed by atoms with Crippen molar-refractivity contribution in [3.63, 3.8) is 0 Å². The van der Waals surface area contributed by atoms with Crippen LogP contribution in [0.2, 0.25) is 0 Å². The van der Waals surface area contributed by atoms with Crippen LogP contribution in [0.1, 0.15) is 52.9 Å². The van der Waals surface area contributed by atoms with Crippen molar-refractivity contribution >= 4 is 0 Å². The van der Waals surface area contributed by atoms with E-state index in [1.165, 1.54) is 38.6 Å². The maximum absolute atomic E-state index is 3.60. The summed E-state index contributed by atoms with van der Waals surface area (Å²) in [5.74, 6) is 0. The molecular formula is C13H28N2. The molecule has 1 rings (SSSR count). The van der Waals surface area contributed by atoms with Gasteiger partial charge in [-0.1, -0.05) is 20.3 Å². The van der Waals surface area contributed by atoms with Gasteiger partial charge < -0.3 is 10.6 Å². The molecule has 0 radical (unpaired) electrons. The molecule has 1 aliphatic rings. The van der Waals surface area contributed by atoms with Crippen molar-refractivity contribution in [2.45, 2.75) is 58.9 Å². The molecule has 0 saturated heterocycles. The molecule has 0 bridgehead atoms. The second kappa shape index (κ2) is 6.49. The van der Waals surface area contributed by atoms with Crippen molar-refractivity contribution in [3.8, 4) is 0 Å². The summed E-state index contributed by atoms with van der Waals surface area (Å²) in [4.78, 5) is 0. The first-order valence-corrected chi connectivity index (χ1v) is 6.66. The summed E-state index contributed by atoms with van der Waals surface area (Å²) in [5.41, 5.74) is 0.663. The molecule has 2 nitrogen and oxygen atoms in total. The molecule has 0 spiro atoms. The van der Waals surface area contributed by atoms with E-state index in [0.717, 1.165) is 13.1 Å². The van der Waals surface area contributed by atoms with E-state index in [9.17, 15) is 0 Å². The van der Waals surface area contributed by atoms with Crippen molar-refractivity contribution in [2.75, 3.05) is 19.6 Å². The molecular weight excluding hydrogens is 184 g/mol. The van der Waals surface area contributed by atoms with E-state index < -0.39 is 0 Å². The van der Waals surface area contributed by atoms with E-state index in [4.69, 9.17) is 0 Å². The highest BCUT2D eigenvalue weighted by molar-refractivity contribution is 4.88. The maximum Gasteiger partial charge on any atom is 0.00792 e. The molecule has 1 fully saturated rings. The van der Waals surface area contributed by atoms with Crippen molar-refractivity contribution in [1.29, 1.82) is 0 Å². The molecule has 0 aromatic rings. The zero-order chi connectivity index (χ0) is 11.1. The quantitative estimate of drug-likeness (QED) is 0.604. The topological polar surface area (TPSA) is 24.1 Å². The third-order valence-corrected chi connectivity index (χ3v) is 4.07. The average molecular weight is 212 g/mol. The third kappa shape index (κ3) is 4.12. The summed E-state index contributed by atoms with van der Waals surface area (Å²) in [5, 5.41) is 7.11. The van der Waals surface area contributed by atoms with E-state index in [0.29, 0.717) is 11.5 Å². The van der Waals surface area contributed by atoms with E-state index in [1.54, 1.807) is 0 Å². The first kappa shape index (κ1) is 13.0. The maximum atomic E-state index is 3.60. The minimum absolute atomic E-state index is 0.663. The highest BCUT2D eigenvalue weighted by Crippen LogP contribution is 2.42. The molecule has 0 heterocycles. The van der Waals surface area contributed by atoms with Crippen LogP contribution in [0.4, 0.5) is 0 Å². The van der Waals surface area contributed by atoms with Crippen molar-refractivity contribution in [2.24, 2.45) is 5.41 Å². The van der Waals surface area contributed by atoms with Gasteiger partial charge in [-0.3, -0.25) is 0 Å². The van der Waals surface area contributed by atoms with Gasteiger partial charge in [0.2, 0.25) is 0 Å². The van der Waals surface area contributed by atoms with Gasteiger partial charge in [0.05, 0.1) is 0 Å². The Labute approximate surface area is 95.2 Å². The summed E-state index contributed by atoms with van der Waals surface area (Å²) in [6.07, 6.45) is 6.89. The molecule has 90 valence electrons. The van der Waals surface area contributed by atoms with Gasteiger partial charge in [0.1, 0.15) is 0 Å². The Kier molecular flexibility index (Phi) is 5.62. The monoisotopic (exact) mass is 212 g/mol. The van der Waals surface area contributed by atoms with Gasteiger partial charge in [0, 0.05) is 25.7 Å². The summed E-state index contributed by atoms with van der Waals surface area (Å²) >= 11 is 0. The molecule has 2 N–H and O–H groups in total. The van der Waals surface area contributed by atoms with Crippen LogP contribution in [-0.2, 0) is 0 Å². The molecule has 15 heavy (non-hydrogen) atoms. The predicted octanol–water partition coefficient (Wildman–Crippen LogP) is 2.54. The number of nitrogens with one attached hydrogen (secondary N) is 2. The molecule has 1 unspecified atom stereocenters. The van der Waals surface area contributed by atoms with Gasteiger partial charge in [-0.05, 0) is 38.0 Å². The zero-order valence-electron chi connectivity index (χ0n) is 10.7. The Hall–Kier alpha value is -0.0800. The van der Waals surface area contributed by atoms with E-state index in [2.05, 4.69) is 31.4 Å². The third-order valence-electron chi connectivity index (χ3n) is 4.07. The van der Waals surface area contributed by atoms with Gasteiger partial charge in [-0.15, -0.1) is 0 Å². The Balaban J connectivity index is 1.96. The van der Waals surface area contributed by atoms with Crippen LogP contribution in [-0.4, -0.2) is 25.7 Å². The molecule has 0 aliphatic heterocycles. The Morgan fingerprint density at radius 3 is 2.40 bits per heavy atom. The molecule has 1 atom stereocenters. The van der Waals surface area contributed by atoms with Gasteiger partial charge in [0.15, 0.2) is 0 Å². The van der Waals surface area contributed by atoms with Crippen LogP contribution >= 0.6 is 0 Å². The number of rotatable bonds is 8. The Morgan fingerprint density at radius 2 is 1.93 bits per heavy atom. The minimum Gasteiger partial charge on any atom is -0.315 e. The lowest BCUT2D eigenvalue weighted by molar-refractivity contribution is 0.124. The minimum atomic E-state index is 0.663. The second-order valence-corrected chi connectivity index (χ2v) is 5.15. The molecule has 0 aromatic carbocycles. The van der Waals surface area contributed by atoms with Gasteiger partial charge in [0.25, 0.3) is 0 Å². The smallest absolute Gasteiger partial charge is 0.00792 e. The average Bonchev–Trinajstić information content (AvgIpc) is 2.20. The SMILES string of the molecule is CCC(C)NCCNCC1(CC)CCC1. The van der Waals surface area contributed by atoms with Crippen molar-refractivity contribution in [3.05, 3.63) is 0 Å². The number of hydrogen-bond donors (Lipinski definition) is 2. The fourth-order valence-electron chi connectivity index (χ4n) is 2.24. The normalized spacial score (nSPS) is 21.0. The van der Waals surface area contributed by atoms with Crippen LogP contribution < -0.4 is 10.6 Å². The van der Waals surface area contributed by atoms with E-state index in [-0.39, 0.29) is 0 Å². The first-order valence-electron chi connectivity index (χ1n) is 6.66. The predicted molar refractivity (Wildman–Crippen MR) is 67.2 cm³/mol. The highest BCUT2D eigenvalue weighted by atomic mass is 15.0. The molecule has 0 amide bonds. The second-order valence-electron chi connectivity index (χ2n) is 5.15. The fourth-order valence-corrected chi connectivity index (χ4v) is 2.24.